The van der Waals surface area contributed by atoms with Crippen molar-refractivity contribution in [2.45, 2.75) is 16.4 Å². The van der Waals surface area contributed by atoms with E-state index in [1.54, 1.807) is 0 Å². The molecule has 0 unspecified atom stereocenters. The Labute approximate surface area is 111 Å². The minimum absolute atomic E-state index is 0.156. The molecule has 0 atom stereocenters. The second-order valence-corrected chi connectivity index (χ2v) is 4.69. The highest BCUT2D eigenvalue weighted by atomic mass is 32.2. The van der Waals surface area contributed by atoms with Gasteiger partial charge in [-0.1, -0.05) is 12.1 Å². The summed E-state index contributed by atoms with van der Waals surface area (Å²) in [4.78, 5) is 11.5. The maximum absolute atomic E-state index is 12.3. The van der Waals surface area contributed by atoms with Gasteiger partial charge in [-0.3, -0.25) is 4.79 Å². The maximum Gasteiger partial charge on any atom is 0.446 e. The lowest BCUT2D eigenvalue weighted by Crippen LogP contribution is -2.40. The number of nitrogens with one attached hydrogen (secondary N) is 1. The van der Waals surface area contributed by atoms with Crippen molar-refractivity contribution < 1.29 is 28.2 Å². The Morgan fingerprint density at radius 2 is 1.84 bits per heavy atom. The molecule has 0 fully saturated rings. The highest BCUT2D eigenvalue weighted by Gasteiger charge is 2.31. The fourth-order valence-electron chi connectivity index (χ4n) is 1.28. The Bertz CT molecular complexity index is 435. The van der Waals surface area contributed by atoms with Crippen LogP contribution in [0.5, 0.6) is 0 Å². The molecule has 0 aromatic heterocycles. The van der Waals surface area contributed by atoms with Crippen LogP contribution in [0.3, 0.4) is 0 Å². The topological polar surface area (TPSA) is 69.6 Å². The Morgan fingerprint density at radius 1 is 1.26 bits per heavy atom. The van der Waals surface area contributed by atoms with Crippen molar-refractivity contribution in [2.75, 3.05) is 13.2 Å². The summed E-state index contributed by atoms with van der Waals surface area (Å²) < 4.78 is 37.0. The number of aliphatic hydroxyl groups is 2. The van der Waals surface area contributed by atoms with Gasteiger partial charge in [0.1, 0.15) is 0 Å². The number of carbonyl (C=O) groups is 1. The van der Waals surface area contributed by atoms with Crippen LogP contribution in [0, 0.1) is 0 Å². The zero-order valence-corrected chi connectivity index (χ0v) is 10.5. The number of hydrogen-bond acceptors (Lipinski definition) is 4. The fourth-order valence-corrected chi connectivity index (χ4v) is 1.95. The van der Waals surface area contributed by atoms with Crippen molar-refractivity contribution >= 4 is 17.7 Å². The zero-order chi connectivity index (χ0) is 14.5. The second kappa shape index (κ2) is 6.78. The normalized spacial score (nSPS) is 11.7. The predicted molar refractivity (Wildman–Crippen MR) is 63.8 cm³/mol. The van der Waals surface area contributed by atoms with Crippen molar-refractivity contribution in [3.8, 4) is 0 Å². The standard InChI is InChI=1S/C11H12F3NO3S/c12-11(13,14)19-9-4-2-1-3-8(9)10(18)15-7(5-16)6-17/h1-4,7,16-17H,5-6H2,(H,15,18). The lowest BCUT2D eigenvalue weighted by atomic mass is 10.2. The molecule has 0 aliphatic carbocycles. The Kier molecular flexibility index (Phi) is 5.64. The first-order valence-corrected chi connectivity index (χ1v) is 6.06. The van der Waals surface area contributed by atoms with E-state index in [1.165, 1.54) is 24.3 Å². The highest BCUT2D eigenvalue weighted by molar-refractivity contribution is 8.00. The van der Waals surface area contributed by atoms with Crippen LogP contribution in [0.4, 0.5) is 13.2 Å². The van der Waals surface area contributed by atoms with Crippen LogP contribution >= 0.6 is 11.8 Å². The molecule has 1 amide bonds. The summed E-state index contributed by atoms with van der Waals surface area (Å²) in [6.07, 6.45) is 0. The Hall–Kier alpha value is -1.25. The first-order chi connectivity index (χ1) is 8.87. The fraction of sp³-hybridized carbons (Fsp3) is 0.364. The molecule has 0 radical (unpaired) electrons. The molecule has 0 saturated carbocycles. The lowest BCUT2D eigenvalue weighted by molar-refractivity contribution is -0.0328. The zero-order valence-electron chi connectivity index (χ0n) is 9.65. The first kappa shape index (κ1) is 15.8. The smallest absolute Gasteiger partial charge is 0.394 e. The average molecular weight is 295 g/mol. The van der Waals surface area contributed by atoms with Crippen LogP contribution in [-0.2, 0) is 0 Å². The van der Waals surface area contributed by atoms with Crippen LogP contribution < -0.4 is 5.32 Å². The average Bonchev–Trinajstić information content (AvgIpc) is 2.34. The molecule has 1 aromatic carbocycles. The summed E-state index contributed by atoms with van der Waals surface area (Å²) in [5.41, 5.74) is -4.65. The van der Waals surface area contributed by atoms with Gasteiger partial charge in [0.25, 0.3) is 5.91 Å². The molecule has 0 heterocycles. The number of thioether (sulfide) groups is 1. The van der Waals surface area contributed by atoms with Gasteiger partial charge >= 0.3 is 5.51 Å². The van der Waals surface area contributed by atoms with E-state index in [1.807, 2.05) is 0 Å². The second-order valence-electron chi connectivity index (χ2n) is 3.58. The summed E-state index contributed by atoms with van der Waals surface area (Å²) in [6, 6.07) is 4.34. The maximum atomic E-state index is 12.3. The first-order valence-electron chi connectivity index (χ1n) is 5.24. The summed E-state index contributed by atoms with van der Waals surface area (Å²) in [7, 11) is 0. The summed E-state index contributed by atoms with van der Waals surface area (Å²) in [5.74, 6) is -0.777. The highest BCUT2D eigenvalue weighted by Crippen LogP contribution is 2.38. The van der Waals surface area contributed by atoms with Crippen LogP contribution in [0.15, 0.2) is 29.2 Å². The molecule has 19 heavy (non-hydrogen) atoms. The summed E-state index contributed by atoms with van der Waals surface area (Å²) >= 11 is -0.388. The molecule has 0 spiro atoms. The van der Waals surface area contributed by atoms with Gasteiger partial charge in [0, 0.05) is 4.90 Å². The van der Waals surface area contributed by atoms with E-state index in [4.69, 9.17) is 10.2 Å². The minimum Gasteiger partial charge on any atom is -0.394 e. The van der Waals surface area contributed by atoms with Gasteiger partial charge in [0.05, 0.1) is 24.8 Å². The van der Waals surface area contributed by atoms with Crippen molar-refractivity contribution in [3.05, 3.63) is 29.8 Å². The minimum atomic E-state index is -4.50. The number of rotatable bonds is 5. The molecule has 4 nitrogen and oxygen atoms in total. The molecule has 8 heteroatoms. The van der Waals surface area contributed by atoms with Crippen LogP contribution in [-0.4, -0.2) is 40.9 Å². The molecular formula is C11H12F3NO3S. The van der Waals surface area contributed by atoms with Gasteiger partial charge in [0.2, 0.25) is 0 Å². The van der Waals surface area contributed by atoms with Gasteiger partial charge in [-0.2, -0.15) is 13.2 Å². The molecule has 0 aliphatic heterocycles. The number of aliphatic hydroxyl groups excluding tert-OH is 2. The quantitative estimate of drug-likeness (QED) is 0.718. The third-order valence-electron chi connectivity index (χ3n) is 2.13. The van der Waals surface area contributed by atoms with E-state index in [0.717, 1.165) is 0 Å². The van der Waals surface area contributed by atoms with Gasteiger partial charge in [-0.25, -0.2) is 0 Å². The van der Waals surface area contributed by atoms with E-state index in [9.17, 15) is 18.0 Å². The molecule has 106 valence electrons. The van der Waals surface area contributed by atoms with Gasteiger partial charge < -0.3 is 15.5 Å². The molecule has 0 saturated heterocycles. The number of amides is 1. The monoisotopic (exact) mass is 295 g/mol. The number of hydrogen-bond donors (Lipinski definition) is 3. The van der Waals surface area contributed by atoms with Crippen LogP contribution in [0.25, 0.3) is 0 Å². The molecule has 1 aromatic rings. The van der Waals surface area contributed by atoms with E-state index < -0.39 is 30.7 Å². The third kappa shape index (κ3) is 5.09. The van der Waals surface area contributed by atoms with E-state index in [2.05, 4.69) is 5.32 Å². The Morgan fingerprint density at radius 3 is 2.37 bits per heavy atom. The molecule has 0 aliphatic rings. The number of benzene rings is 1. The largest absolute Gasteiger partial charge is 0.446 e. The van der Waals surface area contributed by atoms with E-state index in [0.29, 0.717) is 0 Å². The van der Waals surface area contributed by atoms with Crippen molar-refractivity contribution in [1.29, 1.82) is 0 Å². The van der Waals surface area contributed by atoms with Gasteiger partial charge in [-0.15, -0.1) is 0 Å². The number of carbonyl (C=O) groups excluding carboxylic acids is 1. The lowest BCUT2D eigenvalue weighted by Gasteiger charge is -2.15. The van der Waals surface area contributed by atoms with Gasteiger partial charge in [-0.05, 0) is 23.9 Å². The molecule has 3 N–H and O–H groups in total. The van der Waals surface area contributed by atoms with E-state index >= 15 is 0 Å². The van der Waals surface area contributed by atoms with Gasteiger partial charge in [0.15, 0.2) is 0 Å². The molecule has 1 rings (SSSR count). The third-order valence-corrected chi connectivity index (χ3v) is 2.94. The predicted octanol–water partition coefficient (Wildman–Crippen LogP) is 1.38. The summed E-state index contributed by atoms with van der Waals surface area (Å²) in [5, 5.41) is 19.9. The van der Waals surface area contributed by atoms with E-state index in [-0.39, 0.29) is 22.2 Å². The van der Waals surface area contributed by atoms with Crippen molar-refractivity contribution in [2.24, 2.45) is 0 Å². The number of halogens is 3. The number of alkyl halides is 3. The van der Waals surface area contributed by atoms with Crippen molar-refractivity contribution in [3.63, 3.8) is 0 Å². The van der Waals surface area contributed by atoms with Crippen LogP contribution in [0.1, 0.15) is 10.4 Å². The molecule has 0 bridgehead atoms. The van der Waals surface area contributed by atoms with Crippen LogP contribution in [0.2, 0.25) is 0 Å². The summed E-state index contributed by atoms with van der Waals surface area (Å²) in [6.45, 7) is -1.01. The molecular weight excluding hydrogens is 283 g/mol. The SMILES string of the molecule is O=C(NC(CO)CO)c1ccccc1SC(F)(F)F. The Balaban J connectivity index is 2.90. The van der Waals surface area contributed by atoms with Crippen molar-refractivity contribution in [1.82, 2.24) is 5.32 Å².